The molecule has 0 saturated heterocycles. The number of hydrogen-bond donors (Lipinski definition) is 1. The Morgan fingerprint density at radius 3 is 2.86 bits per heavy atom. The maximum atomic E-state index is 11.7. The highest BCUT2D eigenvalue weighted by molar-refractivity contribution is 5.56. The third kappa shape index (κ3) is 3.65. The van der Waals surface area contributed by atoms with Crippen LogP contribution >= 0.6 is 0 Å². The summed E-state index contributed by atoms with van der Waals surface area (Å²) in [5, 5.41) is 18.1. The number of benzene rings is 1. The fourth-order valence-electron chi connectivity index (χ4n) is 1.92. The van der Waals surface area contributed by atoms with Crippen molar-refractivity contribution < 1.29 is 4.92 Å². The highest BCUT2D eigenvalue weighted by Gasteiger charge is 2.12. The van der Waals surface area contributed by atoms with E-state index < -0.39 is 4.92 Å². The minimum atomic E-state index is -0.450. The summed E-state index contributed by atoms with van der Waals surface area (Å²) in [6, 6.07) is 7.55. The molecule has 1 heterocycles. The van der Waals surface area contributed by atoms with Crippen LogP contribution in [0.25, 0.3) is 0 Å². The van der Waals surface area contributed by atoms with Crippen LogP contribution in [0.1, 0.15) is 18.9 Å². The molecule has 2 rings (SSSR count). The molecule has 0 aliphatic rings. The van der Waals surface area contributed by atoms with E-state index in [2.05, 4.69) is 10.4 Å². The predicted octanol–water partition coefficient (Wildman–Crippen LogP) is 2.02. The molecule has 110 valence electrons. The molecule has 0 aliphatic heterocycles. The van der Waals surface area contributed by atoms with Crippen molar-refractivity contribution in [3.63, 3.8) is 0 Å². The summed E-state index contributed by atoms with van der Waals surface area (Å²) in [6.07, 6.45) is 2.44. The van der Waals surface area contributed by atoms with Gasteiger partial charge in [-0.3, -0.25) is 14.9 Å². The highest BCUT2D eigenvalue weighted by Crippen LogP contribution is 2.22. The van der Waals surface area contributed by atoms with E-state index >= 15 is 0 Å². The molecule has 0 radical (unpaired) electrons. The lowest BCUT2D eigenvalue weighted by Crippen LogP contribution is -2.22. The predicted molar refractivity (Wildman–Crippen MR) is 79.5 cm³/mol. The van der Waals surface area contributed by atoms with E-state index in [9.17, 15) is 14.9 Å². The lowest BCUT2D eigenvalue weighted by Gasteiger charge is -2.12. The van der Waals surface area contributed by atoms with Gasteiger partial charge in [-0.25, -0.2) is 4.68 Å². The van der Waals surface area contributed by atoms with Crippen LogP contribution < -0.4 is 10.9 Å². The van der Waals surface area contributed by atoms with Gasteiger partial charge >= 0.3 is 0 Å². The number of nitro groups is 1. The van der Waals surface area contributed by atoms with Gasteiger partial charge in [0.15, 0.2) is 0 Å². The summed E-state index contributed by atoms with van der Waals surface area (Å²) < 4.78 is 1.27. The van der Waals surface area contributed by atoms with Crippen molar-refractivity contribution in [1.29, 1.82) is 0 Å². The maximum Gasteiger partial charge on any atom is 0.269 e. The van der Waals surface area contributed by atoms with Crippen LogP contribution in [0.15, 0.2) is 41.3 Å². The number of rotatable bonds is 6. The molecule has 0 unspecified atom stereocenters. The average Bonchev–Trinajstić information content (AvgIpc) is 2.48. The zero-order chi connectivity index (χ0) is 15.2. The maximum absolute atomic E-state index is 11.7. The number of aromatic nitrogens is 2. The fourth-order valence-corrected chi connectivity index (χ4v) is 1.92. The second kappa shape index (κ2) is 6.65. The molecule has 0 amide bonds. The van der Waals surface area contributed by atoms with Gasteiger partial charge in [-0.05, 0) is 18.6 Å². The molecular formula is C14H16N4O3. The van der Waals surface area contributed by atoms with Gasteiger partial charge in [-0.15, -0.1) is 0 Å². The largest absolute Gasteiger partial charge is 0.385 e. The Kier molecular flexibility index (Phi) is 4.65. The molecule has 21 heavy (non-hydrogen) atoms. The summed E-state index contributed by atoms with van der Waals surface area (Å²) in [5.41, 5.74) is 1.19. The first-order chi connectivity index (χ1) is 10.1. The Bertz CT molecular complexity index is 697. The zero-order valence-corrected chi connectivity index (χ0v) is 11.7. The quantitative estimate of drug-likeness (QED) is 0.648. The van der Waals surface area contributed by atoms with Crippen molar-refractivity contribution in [1.82, 2.24) is 9.78 Å². The van der Waals surface area contributed by atoms with Gasteiger partial charge < -0.3 is 5.32 Å². The molecule has 1 aromatic carbocycles. The van der Waals surface area contributed by atoms with Crippen LogP contribution in [-0.2, 0) is 6.54 Å². The molecule has 7 heteroatoms. The van der Waals surface area contributed by atoms with E-state index in [1.54, 1.807) is 12.1 Å². The Morgan fingerprint density at radius 2 is 2.19 bits per heavy atom. The second-order valence-electron chi connectivity index (χ2n) is 4.54. The van der Waals surface area contributed by atoms with E-state index in [0.717, 1.165) is 18.7 Å². The van der Waals surface area contributed by atoms with Gasteiger partial charge in [0, 0.05) is 42.2 Å². The third-order valence-corrected chi connectivity index (χ3v) is 2.97. The van der Waals surface area contributed by atoms with Crippen LogP contribution in [0.4, 0.5) is 11.4 Å². The smallest absolute Gasteiger partial charge is 0.269 e. The molecule has 0 spiro atoms. The van der Waals surface area contributed by atoms with Crippen LogP contribution in [-0.4, -0.2) is 21.2 Å². The van der Waals surface area contributed by atoms with Crippen LogP contribution in [0.5, 0.6) is 0 Å². The van der Waals surface area contributed by atoms with Gasteiger partial charge in [0.1, 0.15) is 0 Å². The third-order valence-electron chi connectivity index (χ3n) is 2.97. The van der Waals surface area contributed by atoms with Crippen molar-refractivity contribution in [2.24, 2.45) is 0 Å². The number of non-ortho nitro benzene ring substituents is 1. The number of nitrogens with one attached hydrogen (secondary N) is 1. The van der Waals surface area contributed by atoms with Crippen molar-refractivity contribution >= 4 is 11.4 Å². The monoisotopic (exact) mass is 288 g/mol. The SMILES string of the molecule is CCCNc1ccc([N+](=O)[O-])cc1Cn1ncccc1=O. The molecule has 7 nitrogen and oxygen atoms in total. The first kappa shape index (κ1) is 14.7. The van der Waals surface area contributed by atoms with E-state index in [1.807, 2.05) is 6.92 Å². The Morgan fingerprint density at radius 1 is 1.38 bits per heavy atom. The van der Waals surface area contributed by atoms with Crippen LogP contribution in [0.2, 0.25) is 0 Å². The van der Waals surface area contributed by atoms with Gasteiger partial charge in [0.05, 0.1) is 11.5 Å². The number of hydrogen-bond acceptors (Lipinski definition) is 5. The summed E-state index contributed by atoms with van der Waals surface area (Å²) >= 11 is 0. The molecule has 0 bridgehead atoms. The zero-order valence-electron chi connectivity index (χ0n) is 11.7. The number of nitrogens with zero attached hydrogens (tertiary/aromatic N) is 3. The molecule has 1 N–H and O–H groups in total. The number of anilines is 1. The lowest BCUT2D eigenvalue weighted by atomic mass is 10.1. The standard InChI is InChI=1S/C14H16N4O3/c1-2-7-15-13-6-5-12(18(20)21)9-11(13)10-17-14(19)4-3-8-16-17/h3-6,8-9,15H,2,7,10H2,1H3. The molecule has 2 aromatic rings. The summed E-state index contributed by atoms with van der Waals surface area (Å²) in [6.45, 7) is 2.97. The van der Waals surface area contributed by atoms with Gasteiger partial charge in [-0.2, -0.15) is 5.10 Å². The fraction of sp³-hybridized carbons (Fsp3) is 0.286. The molecule has 0 atom stereocenters. The summed E-state index contributed by atoms with van der Waals surface area (Å²) in [7, 11) is 0. The second-order valence-corrected chi connectivity index (χ2v) is 4.54. The van der Waals surface area contributed by atoms with Crippen LogP contribution in [0, 0.1) is 10.1 Å². The topological polar surface area (TPSA) is 90.1 Å². The Labute approximate surface area is 121 Å². The molecular weight excluding hydrogens is 272 g/mol. The Balaban J connectivity index is 2.38. The molecule has 0 saturated carbocycles. The first-order valence-electron chi connectivity index (χ1n) is 6.65. The average molecular weight is 288 g/mol. The normalized spacial score (nSPS) is 10.3. The van der Waals surface area contributed by atoms with E-state index in [4.69, 9.17) is 0 Å². The van der Waals surface area contributed by atoms with Crippen molar-refractivity contribution in [3.8, 4) is 0 Å². The van der Waals surface area contributed by atoms with Gasteiger partial charge in [0.25, 0.3) is 11.2 Å². The van der Waals surface area contributed by atoms with Crippen molar-refractivity contribution in [2.75, 3.05) is 11.9 Å². The van der Waals surface area contributed by atoms with Gasteiger partial charge in [0.2, 0.25) is 0 Å². The lowest BCUT2D eigenvalue weighted by molar-refractivity contribution is -0.384. The first-order valence-corrected chi connectivity index (χ1v) is 6.65. The van der Waals surface area contributed by atoms with Crippen molar-refractivity contribution in [2.45, 2.75) is 19.9 Å². The van der Waals surface area contributed by atoms with Gasteiger partial charge in [-0.1, -0.05) is 6.92 Å². The Hall–Kier alpha value is -2.70. The summed E-state index contributed by atoms with van der Waals surface area (Å²) in [4.78, 5) is 22.2. The minimum Gasteiger partial charge on any atom is -0.385 e. The summed E-state index contributed by atoms with van der Waals surface area (Å²) in [5.74, 6) is 0. The molecule has 0 fully saturated rings. The minimum absolute atomic E-state index is 0.00368. The van der Waals surface area contributed by atoms with E-state index in [1.165, 1.54) is 29.1 Å². The van der Waals surface area contributed by atoms with Crippen LogP contribution in [0.3, 0.4) is 0 Å². The number of nitro benzene ring substituents is 1. The van der Waals surface area contributed by atoms with Crippen molar-refractivity contribution in [3.05, 3.63) is 62.6 Å². The van der Waals surface area contributed by atoms with E-state index in [-0.39, 0.29) is 17.8 Å². The highest BCUT2D eigenvalue weighted by atomic mass is 16.6. The van der Waals surface area contributed by atoms with E-state index in [0.29, 0.717) is 5.56 Å². The molecule has 0 aliphatic carbocycles. The molecule has 1 aromatic heterocycles.